The van der Waals surface area contributed by atoms with Gasteiger partial charge in [-0.1, -0.05) is 18.2 Å². The van der Waals surface area contributed by atoms with Gasteiger partial charge in [-0.2, -0.15) is 5.10 Å². The Morgan fingerprint density at radius 2 is 1.84 bits per heavy atom. The lowest BCUT2D eigenvalue weighted by molar-refractivity contribution is 0.832. The number of nitrogens with two attached hydrogens (primary N) is 1. The zero-order valence-corrected chi connectivity index (χ0v) is 10.7. The highest BCUT2D eigenvalue weighted by Crippen LogP contribution is 2.17. The summed E-state index contributed by atoms with van der Waals surface area (Å²) < 4.78 is 2.71. The van der Waals surface area contributed by atoms with E-state index in [9.17, 15) is 4.79 Å². The largest absolute Gasteiger partial charge is 0.335 e. The summed E-state index contributed by atoms with van der Waals surface area (Å²) in [6, 6.07) is 9.58. The summed E-state index contributed by atoms with van der Waals surface area (Å²) in [6.45, 7) is 3.47. The van der Waals surface area contributed by atoms with E-state index in [1.165, 1.54) is 0 Å². The van der Waals surface area contributed by atoms with Gasteiger partial charge in [0.2, 0.25) is 0 Å². The topological polar surface area (TPSA) is 78.7 Å². The van der Waals surface area contributed by atoms with Gasteiger partial charge in [-0.3, -0.25) is 4.79 Å². The van der Waals surface area contributed by atoms with E-state index in [0.29, 0.717) is 22.6 Å². The quantitative estimate of drug-likeness (QED) is 0.656. The molecule has 0 amide bonds. The summed E-state index contributed by atoms with van der Waals surface area (Å²) in [5.41, 5.74) is 1.74. The molecule has 0 spiro atoms. The van der Waals surface area contributed by atoms with Crippen LogP contribution < -0.4 is 11.4 Å². The monoisotopic (exact) mass is 255 g/mol. The molecule has 6 nitrogen and oxygen atoms in total. The second-order valence-corrected chi connectivity index (χ2v) is 4.37. The van der Waals surface area contributed by atoms with Crippen LogP contribution in [0.2, 0.25) is 0 Å². The Labute approximate surface area is 109 Å². The van der Waals surface area contributed by atoms with E-state index in [-0.39, 0.29) is 5.56 Å². The second kappa shape index (κ2) is 3.94. The molecule has 2 aromatic heterocycles. The fourth-order valence-corrected chi connectivity index (χ4v) is 2.09. The van der Waals surface area contributed by atoms with Crippen LogP contribution in [0.3, 0.4) is 0 Å². The highest BCUT2D eigenvalue weighted by atomic mass is 16.1. The van der Waals surface area contributed by atoms with Gasteiger partial charge in [0.25, 0.3) is 5.56 Å². The van der Waals surface area contributed by atoms with E-state index in [0.717, 1.165) is 10.4 Å². The molecule has 3 rings (SSSR count). The van der Waals surface area contributed by atoms with Gasteiger partial charge in [0.1, 0.15) is 11.2 Å². The van der Waals surface area contributed by atoms with Crippen molar-refractivity contribution in [1.82, 2.24) is 19.4 Å². The van der Waals surface area contributed by atoms with Crippen molar-refractivity contribution >= 4 is 11.0 Å². The predicted molar refractivity (Wildman–Crippen MR) is 72.7 cm³/mol. The Balaban J connectivity index is 2.44. The molecule has 19 heavy (non-hydrogen) atoms. The van der Waals surface area contributed by atoms with Crippen molar-refractivity contribution in [1.29, 1.82) is 0 Å². The van der Waals surface area contributed by atoms with Crippen LogP contribution in [0.4, 0.5) is 0 Å². The second-order valence-electron chi connectivity index (χ2n) is 4.37. The average molecular weight is 255 g/mol. The normalized spacial score (nSPS) is 11.1. The average Bonchev–Trinajstić information content (AvgIpc) is 2.74. The minimum Gasteiger partial charge on any atom is -0.335 e. The molecule has 0 aliphatic heterocycles. The van der Waals surface area contributed by atoms with Gasteiger partial charge in [-0.15, -0.1) is 0 Å². The van der Waals surface area contributed by atoms with Gasteiger partial charge in [0, 0.05) is 0 Å². The molecule has 2 heterocycles. The van der Waals surface area contributed by atoms with Crippen LogP contribution in [0.15, 0.2) is 35.1 Å². The van der Waals surface area contributed by atoms with Crippen molar-refractivity contribution < 1.29 is 0 Å². The van der Waals surface area contributed by atoms with E-state index >= 15 is 0 Å². The van der Waals surface area contributed by atoms with Crippen LogP contribution in [-0.2, 0) is 0 Å². The molecule has 96 valence electrons. The standard InChI is InChI=1S/C13H13N5O/c1-8-11-12(15-9(2)17(14)13(11)19)18(16-8)10-6-4-3-5-7-10/h3-7H,14H2,1-2H3. The molecule has 0 aliphatic carbocycles. The maximum absolute atomic E-state index is 12.2. The SMILES string of the molecule is Cc1nn(-c2ccccc2)c2nc(C)n(N)c(=O)c12. The lowest BCUT2D eigenvalue weighted by atomic mass is 10.3. The first-order valence-electron chi connectivity index (χ1n) is 5.89. The molecule has 0 aliphatic rings. The molecule has 0 unspecified atom stereocenters. The number of fused-ring (bicyclic) bond motifs is 1. The fourth-order valence-electron chi connectivity index (χ4n) is 2.09. The van der Waals surface area contributed by atoms with Crippen LogP contribution in [-0.4, -0.2) is 19.4 Å². The molecular weight excluding hydrogens is 242 g/mol. The first-order valence-corrected chi connectivity index (χ1v) is 5.89. The van der Waals surface area contributed by atoms with Crippen LogP contribution in [0, 0.1) is 13.8 Å². The summed E-state index contributed by atoms with van der Waals surface area (Å²) >= 11 is 0. The van der Waals surface area contributed by atoms with E-state index in [1.807, 2.05) is 30.3 Å². The van der Waals surface area contributed by atoms with E-state index in [1.54, 1.807) is 18.5 Å². The van der Waals surface area contributed by atoms with Gasteiger partial charge < -0.3 is 5.84 Å². The third kappa shape index (κ3) is 1.61. The van der Waals surface area contributed by atoms with Crippen molar-refractivity contribution in [2.75, 3.05) is 5.84 Å². The molecule has 3 aromatic rings. The number of rotatable bonds is 1. The lowest BCUT2D eigenvalue weighted by Crippen LogP contribution is -2.30. The molecule has 0 saturated carbocycles. The molecule has 0 bridgehead atoms. The molecule has 0 saturated heterocycles. The molecule has 1 aromatic carbocycles. The highest BCUT2D eigenvalue weighted by Gasteiger charge is 2.16. The van der Waals surface area contributed by atoms with Gasteiger partial charge in [0.05, 0.1) is 11.4 Å². The maximum Gasteiger partial charge on any atom is 0.283 e. The Hall–Kier alpha value is -2.63. The zero-order valence-electron chi connectivity index (χ0n) is 10.7. The number of hydrogen-bond acceptors (Lipinski definition) is 4. The smallest absolute Gasteiger partial charge is 0.283 e. The first kappa shape index (κ1) is 11.5. The Kier molecular flexibility index (Phi) is 2.38. The van der Waals surface area contributed by atoms with Crippen molar-refractivity contribution in [2.45, 2.75) is 13.8 Å². The van der Waals surface area contributed by atoms with E-state index < -0.39 is 0 Å². The molecular formula is C13H13N5O. The minimum atomic E-state index is -0.276. The Bertz CT molecular complexity index is 816. The van der Waals surface area contributed by atoms with Crippen LogP contribution >= 0.6 is 0 Å². The Morgan fingerprint density at radius 3 is 2.53 bits per heavy atom. The van der Waals surface area contributed by atoms with Crippen molar-refractivity contribution in [3.63, 3.8) is 0 Å². The molecule has 6 heteroatoms. The van der Waals surface area contributed by atoms with Crippen molar-refractivity contribution in [3.05, 3.63) is 52.2 Å². The zero-order chi connectivity index (χ0) is 13.6. The fraction of sp³-hybridized carbons (Fsp3) is 0.154. The minimum absolute atomic E-state index is 0.276. The van der Waals surface area contributed by atoms with E-state index in [4.69, 9.17) is 5.84 Å². The van der Waals surface area contributed by atoms with Crippen LogP contribution in [0.1, 0.15) is 11.5 Å². The van der Waals surface area contributed by atoms with Gasteiger partial charge in [-0.25, -0.2) is 14.3 Å². The number of nitrogens with zero attached hydrogens (tertiary/aromatic N) is 4. The van der Waals surface area contributed by atoms with E-state index in [2.05, 4.69) is 10.1 Å². The number of aromatic nitrogens is 4. The summed E-state index contributed by atoms with van der Waals surface area (Å²) in [5, 5.41) is 4.84. The van der Waals surface area contributed by atoms with Gasteiger partial charge in [-0.05, 0) is 26.0 Å². The highest BCUT2D eigenvalue weighted by molar-refractivity contribution is 5.78. The van der Waals surface area contributed by atoms with Crippen molar-refractivity contribution in [3.8, 4) is 5.69 Å². The van der Waals surface area contributed by atoms with Crippen LogP contribution in [0.25, 0.3) is 16.7 Å². The molecule has 0 fully saturated rings. The van der Waals surface area contributed by atoms with Crippen LogP contribution in [0.5, 0.6) is 0 Å². The summed E-state index contributed by atoms with van der Waals surface area (Å²) in [7, 11) is 0. The number of aryl methyl sites for hydroxylation is 2. The maximum atomic E-state index is 12.2. The summed E-state index contributed by atoms with van der Waals surface area (Å²) in [6.07, 6.45) is 0. The van der Waals surface area contributed by atoms with Gasteiger partial charge >= 0.3 is 0 Å². The third-order valence-corrected chi connectivity index (χ3v) is 3.09. The number of benzene rings is 1. The molecule has 2 N–H and O–H groups in total. The summed E-state index contributed by atoms with van der Waals surface area (Å²) in [5.74, 6) is 6.12. The van der Waals surface area contributed by atoms with Gasteiger partial charge in [0.15, 0.2) is 5.65 Å². The number of para-hydroxylation sites is 1. The number of hydrogen-bond donors (Lipinski definition) is 1. The molecule has 0 radical (unpaired) electrons. The van der Waals surface area contributed by atoms with Crippen molar-refractivity contribution in [2.24, 2.45) is 0 Å². The predicted octanol–water partition coefficient (Wildman–Crippen LogP) is 0.913. The third-order valence-electron chi connectivity index (χ3n) is 3.09. The molecule has 0 atom stereocenters. The number of nitrogen functional groups attached to an aromatic ring is 1. The Morgan fingerprint density at radius 1 is 1.16 bits per heavy atom. The summed E-state index contributed by atoms with van der Waals surface area (Å²) in [4.78, 5) is 16.5. The lowest BCUT2D eigenvalue weighted by Gasteiger charge is -2.05. The first-order chi connectivity index (χ1) is 9.09.